The number of aromatic nitrogens is 1. The number of fused-ring (bicyclic) bond motifs is 1. The molecule has 9 heteroatoms. The second-order valence-corrected chi connectivity index (χ2v) is 8.80. The van der Waals surface area contributed by atoms with Crippen LogP contribution in [0.2, 0.25) is 0 Å². The van der Waals surface area contributed by atoms with E-state index in [2.05, 4.69) is 4.98 Å². The summed E-state index contributed by atoms with van der Waals surface area (Å²) in [7, 11) is -2.56. The van der Waals surface area contributed by atoms with Gasteiger partial charge < -0.3 is 0 Å². The van der Waals surface area contributed by atoms with Crippen molar-refractivity contribution < 1.29 is 21.6 Å². The van der Waals surface area contributed by atoms with Crippen molar-refractivity contribution in [2.24, 2.45) is 0 Å². The molecule has 138 valence electrons. The standard InChI is InChI=1S/C17H15F3N2O2S2/c1-11(16-21-14-5-3-4-6-15(14)25-16)22(2)26(23,24)13-9-7-12(8-10-13)17(18,19)20/h3-11H,1-2H3/t11-/m1/s1. The van der Waals surface area contributed by atoms with Crippen LogP contribution in [-0.2, 0) is 16.2 Å². The van der Waals surface area contributed by atoms with Gasteiger partial charge in [0.25, 0.3) is 0 Å². The van der Waals surface area contributed by atoms with E-state index < -0.39 is 27.8 Å². The van der Waals surface area contributed by atoms with E-state index in [-0.39, 0.29) is 4.90 Å². The van der Waals surface area contributed by atoms with Gasteiger partial charge in [-0.1, -0.05) is 12.1 Å². The Hall–Kier alpha value is -1.97. The van der Waals surface area contributed by atoms with Gasteiger partial charge in [0.15, 0.2) is 0 Å². The Morgan fingerprint density at radius 2 is 1.69 bits per heavy atom. The molecule has 0 fully saturated rings. The number of alkyl halides is 3. The van der Waals surface area contributed by atoms with Crippen molar-refractivity contribution in [1.82, 2.24) is 9.29 Å². The topological polar surface area (TPSA) is 50.3 Å². The van der Waals surface area contributed by atoms with Crippen LogP contribution in [0.5, 0.6) is 0 Å². The number of benzene rings is 2. The molecule has 0 saturated heterocycles. The van der Waals surface area contributed by atoms with Crippen LogP contribution in [0, 0.1) is 0 Å². The van der Waals surface area contributed by atoms with Gasteiger partial charge in [0.2, 0.25) is 10.0 Å². The van der Waals surface area contributed by atoms with Crippen LogP contribution in [0.25, 0.3) is 10.2 Å². The largest absolute Gasteiger partial charge is 0.416 e. The van der Waals surface area contributed by atoms with Crippen molar-refractivity contribution in [3.8, 4) is 0 Å². The molecule has 2 aromatic carbocycles. The summed E-state index contributed by atoms with van der Waals surface area (Å²) in [4.78, 5) is 4.26. The fourth-order valence-electron chi connectivity index (χ4n) is 2.41. The molecule has 0 aliphatic carbocycles. The Bertz CT molecular complexity index is 995. The van der Waals surface area contributed by atoms with E-state index in [1.54, 1.807) is 6.92 Å². The number of halogens is 3. The van der Waals surface area contributed by atoms with E-state index in [0.717, 1.165) is 38.8 Å². The lowest BCUT2D eigenvalue weighted by Gasteiger charge is -2.22. The quantitative estimate of drug-likeness (QED) is 0.638. The number of hydrogen-bond donors (Lipinski definition) is 0. The molecule has 0 bridgehead atoms. The minimum Gasteiger partial charge on any atom is -0.239 e. The van der Waals surface area contributed by atoms with Gasteiger partial charge in [-0.05, 0) is 43.3 Å². The third-order valence-electron chi connectivity index (χ3n) is 4.07. The average molecular weight is 400 g/mol. The molecule has 26 heavy (non-hydrogen) atoms. The molecule has 0 aliphatic heterocycles. The van der Waals surface area contributed by atoms with Crippen LogP contribution < -0.4 is 0 Å². The third kappa shape index (κ3) is 3.46. The van der Waals surface area contributed by atoms with E-state index >= 15 is 0 Å². The summed E-state index contributed by atoms with van der Waals surface area (Å²) in [6.45, 7) is 1.69. The number of rotatable bonds is 4. The summed E-state index contributed by atoms with van der Waals surface area (Å²) in [5.74, 6) is 0. The van der Waals surface area contributed by atoms with E-state index in [0.29, 0.717) is 5.01 Å². The monoisotopic (exact) mass is 400 g/mol. The molecule has 0 saturated carbocycles. The third-order valence-corrected chi connectivity index (χ3v) is 7.22. The minimum atomic E-state index is -4.51. The molecule has 0 unspecified atom stereocenters. The fraction of sp³-hybridized carbons (Fsp3) is 0.235. The lowest BCUT2D eigenvalue weighted by Crippen LogP contribution is -2.29. The van der Waals surface area contributed by atoms with Crippen molar-refractivity contribution in [1.29, 1.82) is 0 Å². The molecule has 0 radical (unpaired) electrons. The molecule has 0 aliphatic rings. The minimum absolute atomic E-state index is 0.194. The molecule has 1 atom stereocenters. The van der Waals surface area contributed by atoms with Crippen LogP contribution in [0.1, 0.15) is 23.5 Å². The first kappa shape index (κ1) is 18.8. The van der Waals surface area contributed by atoms with E-state index in [4.69, 9.17) is 0 Å². The van der Waals surface area contributed by atoms with Crippen LogP contribution in [-0.4, -0.2) is 24.8 Å². The van der Waals surface area contributed by atoms with Gasteiger partial charge in [-0.3, -0.25) is 0 Å². The highest BCUT2D eigenvalue weighted by Gasteiger charge is 2.32. The molecular weight excluding hydrogens is 385 g/mol. The Morgan fingerprint density at radius 3 is 2.27 bits per heavy atom. The summed E-state index contributed by atoms with van der Waals surface area (Å²) in [5, 5.41) is 0.615. The normalized spacial score (nSPS) is 14.1. The molecule has 3 aromatic rings. The molecular formula is C17H15F3N2O2S2. The summed E-state index contributed by atoms with van der Waals surface area (Å²) in [6.07, 6.45) is -4.51. The Morgan fingerprint density at radius 1 is 1.08 bits per heavy atom. The zero-order chi connectivity index (χ0) is 19.1. The number of thiazole rings is 1. The van der Waals surface area contributed by atoms with Gasteiger partial charge in [0.05, 0.1) is 26.7 Å². The average Bonchev–Trinajstić information content (AvgIpc) is 3.04. The van der Waals surface area contributed by atoms with Gasteiger partial charge >= 0.3 is 6.18 Å². The molecule has 1 aromatic heterocycles. The van der Waals surface area contributed by atoms with Crippen LogP contribution >= 0.6 is 11.3 Å². The first-order chi connectivity index (χ1) is 12.1. The second kappa shape index (κ2) is 6.64. The summed E-state index contributed by atoms with van der Waals surface area (Å²) < 4.78 is 65.5. The SMILES string of the molecule is C[C@H](c1nc2ccccc2s1)N(C)S(=O)(=O)c1ccc(C(F)(F)F)cc1. The van der Waals surface area contributed by atoms with Crippen molar-refractivity contribution in [3.63, 3.8) is 0 Å². The van der Waals surface area contributed by atoms with E-state index in [9.17, 15) is 21.6 Å². The van der Waals surface area contributed by atoms with Crippen molar-refractivity contribution in [2.45, 2.75) is 24.0 Å². The summed E-state index contributed by atoms with van der Waals surface area (Å²) >= 11 is 1.38. The highest BCUT2D eigenvalue weighted by Crippen LogP contribution is 2.33. The van der Waals surface area contributed by atoms with E-state index in [1.807, 2.05) is 24.3 Å². The molecule has 4 nitrogen and oxygen atoms in total. The fourth-order valence-corrected chi connectivity index (χ4v) is 4.87. The van der Waals surface area contributed by atoms with Crippen molar-refractivity contribution in [2.75, 3.05) is 7.05 Å². The van der Waals surface area contributed by atoms with Gasteiger partial charge in [-0.2, -0.15) is 17.5 Å². The van der Waals surface area contributed by atoms with Crippen molar-refractivity contribution >= 4 is 31.6 Å². The Balaban J connectivity index is 1.90. The van der Waals surface area contributed by atoms with Gasteiger partial charge in [-0.25, -0.2) is 13.4 Å². The predicted molar refractivity (Wildman–Crippen MR) is 94.4 cm³/mol. The summed E-state index contributed by atoms with van der Waals surface area (Å²) in [5.41, 5.74) is -0.113. The van der Waals surface area contributed by atoms with Crippen molar-refractivity contribution in [3.05, 3.63) is 59.1 Å². The maximum Gasteiger partial charge on any atom is 0.416 e. The number of sulfonamides is 1. The Labute approximate surface area is 153 Å². The number of hydrogen-bond acceptors (Lipinski definition) is 4. The highest BCUT2D eigenvalue weighted by atomic mass is 32.2. The van der Waals surface area contributed by atoms with Crippen LogP contribution in [0.4, 0.5) is 13.2 Å². The Kier molecular flexibility index (Phi) is 4.80. The second-order valence-electron chi connectivity index (χ2n) is 5.74. The first-order valence-electron chi connectivity index (χ1n) is 7.61. The van der Waals surface area contributed by atoms with E-state index in [1.165, 1.54) is 18.4 Å². The molecule has 0 amide bonds. The lowest BCUT2D eigenvalue weighted by molar-refractivity contribution is -0.137. The zero-order valence-electron chi connectivity index (χ0n) is 13.9. The molecule has 3 rings (SSSR count). The highest BCUT2D eigenvalue weighted by molar-refractivity contribution is 7.89. The molecule has 1 heterocycles. The number of para-hydroxylation sites is 1. The summed E-state index contributed by atoms with van der Waals surface area (Å²) in [6, 6.07) is 10.4. The number of nitrogens with zero attached hydrogens (tertiary/aromatic N) is 2. The van der Waals surface area contributed by atoms with Gasteiger partial charge in [-0.15, -0.1) is 11.3 Å². The molecule has 0 N–H and O–H groups in total. The maximum atomic E-state index is 12.7. The van der Waals surface area contributed by atoms with Crippen LogP contribution in [0.3, 0.4) is 0 Å². The first-order valence-corrected chi connectivity index (χ1v) is 9.87. The van der Waals surface area contributed by atoms with Crippen LogP contribution in [0.15, 0.2) is 53.4 Å². The van der Waals surface area contributed by atoms with Gasteiger partial charge in [0, 0.05) is 7.05 Å². The lowest BCUT2D eigenvalue weighted by atomic mass is 10.2. The predicted octanol–water partition coefficient (Wildman–Crippen LogP) is 4.70. The zero-order valence-corrected chi connectivity index (χ0v) is 15.5. The van der Waals surface area contributed by atoms with Gasteiger partial charge in [0.1, 0.15) is 5.01 Å². The molecule has 0 spiro atoms. The smallest absolute Gasteiger partial charge is 0.239 e. The maximum absolute atomic E-state index is 12.7.